The molecule has 11 nitrogen and oxygen atoms in total. The summed E-state index contributed by atoms with van der Waals surface area (Å²) in [7, 11) is -1.16. The van der Waals surface area contributed by atoms with Crippen molar-refractivity contribution in [3.63, 3.8) is 0 Å². The topological polar surface area (TPSA) is 99.8 Å². The Morgan fingerprint density at radius 1 is 1.14 bits per heavy atom. The van der Waals surface area contributed by atoms with Crippen molar-refractivity contribution in [1.82, 2.24) is 24.5 Å². The lowest BCUT2D eigenvalue weighted by Crippen LogP contribution is -2.44. The zero-order chi connectivity index (χ0) is 29.3. The fraction of sp³-hybridized carbons (Fsp3) is 0.467. The van der Waals surface area contributed by atoms with E-state index < -0.39 is 8.07 Å². The molecule has 0 spiro atoms. The Morgan fingerprint density at radius 2 is 1.98 bits per heavy atom. The molecule has 1 fully saturated rings. The number of hydrogen-bond acceptors (Lipinski definition) is 8. The highest BCUT2D eigenvalue weighted by Crippen LogP contribution is 2.41. The molecule has 2 aliphatic rings. The zero-order valence-electron chi connectivity index (χ0n) is 24.8. The van der Waals surface area contributed by atoms with Gasteiger partial charge in [-0.25, -0.2) is 14.5 Å². The highest BCUT2D eigenvalue weighted by atomic mass is 28.3. The Bertz CT molecular complexity index is 1550. The van der Waals surface area contributed by atoms with E-state index in [-0.39, 0.29) is 18.7 Å². The second-order valence-electron chi connectivity index (χ2n) is 12.2. The fourth-order valence-corrected chi connectivity index (χ4v) is 6.18. The van der Waals surface area contributed by atoms with Crippen LogP contribution in [0, 0.1) is 0 Å². The molecule has 3 aromatic heterocycles. The third-order valence-corrected chi connectivity index (χ3v) is 9.45. The Kier molecular flexibility index (Phi) is 8.02. The Balaban J connectivity index is 1.32. The van der Waals surface area contributed by atoms with Crippen LogP contribution in [0.25, 0.3) is 16.9 Å². The minimum absolute atomic E-state index is 0.149. The number of carbonyl (C=O) groups excluding carboxylic acids is 1. The van der Waals surface area contributed by atoms with Gasteiger partial charge in [-0.05, 0) is 25.0 Å². The number of morpholine rings is 1. The molecular formula is C30H39N7O4Si. The lowest BCUT2D eigenvalue weighted by molar-refractivity contribution is 0.0785. The maximum absolute atomic E-state index is 13.4. The number of fused-ring (bicyclic) bond motifs is 3. The zero-order valence-corrected chi connectivity index (χ0v) is 25.8. The van der Waals surface area contributed by atoms with Gasteiger partial charge in [0.05, 0.1) is 36.5 Å². The summed E-state index contributed by atoms with van der Waals surface area (Å²) in [5.74, 6) is 1.51. The first kappa shape index (κ1) is 28.4. The highest BCUT2D eigenvalue weighted by Gasteiger charge is 2.35. The standard InChI is InChI=1S/C30H39N7O4Si/c1-22-19-39-15-14-35(22)28-24-10-13-36(30(38)41-20-23-8-6-5-7-9-23)27(24)25-18-31-37(29(25)32-28)26-11-12-34(33-26)21-40-16-17-42(2,3)4/h5-9,11-12,18,22H,10,13-17,19-21H2,1-4H3/t22-/m1/s1. The first-order valence-electron chi connectivity index (χ1n) is 14.6. The van der Waals surface area contributed by atoms with E-state index in [0.29, 0.717) is 44.4 Å². The van der Waals surface area contributed by atoms with Crippen LogP contribution >= 0.6 is 0 Å². The molecule has 42 heavy (non-hydrogen) atoms. The van der Waals surface area contributed by atoms with Crippen LogP contribution < -0.4 is 9.80 Å². The average molecular weight is 590 g/mol. The van der Waals surface area contributed by atoms with Gasteiger partial charge in [-0.1, -0.05) is 50.0 Å². The van der Waals surface area contributed by atoms with Crippen molar-refractivity contribution in [1.29, 1.82) is 0 Å². The van der Waals surface area contributed by atoms with Crippen LogP contribution in [0.5, 0.6) is 0 Å². The molecule has 0 aliphatic carbocycles. The van der Waals surface area contributed by atoms with Gasteiger partial charge in [0.25, 0.3) is 0 Å². The summed E-state index contributed by atoms with van der Waals surface area (Å²) in [6.45, 7) is 13.0. The lowest BCUT2D eigenvalue weighted by atomic mass is 10.1. The Labute approximate surface area is 247 Å². The third kappa shape index (κ3) is 5.92. The van der Waals surface area contributed by atoms with Gasteiger partial charge in [-0.15, -0.1) is 0 Å². The van der Waals surface area contributed by atoms with E-state index in [2.05, 4.69) is 31.5 Å². The van der Waals surface area contributed by atoms with E-state index >= 15 is 0 Å². The molecule has 4 aromatic rings. The summed E-state index contributed by atoms with van der Waals surface area (Å²) in [6, 6.07) is 12.9. The van der Waals surface area contributed by atoms with E-state index in [1.807, 2.05) is 42.6 Å². The minimum Gasteiger partial charge on any atom is -0.444 e. The summed E-state index contributed by atoms with van der Waals surface area (Å²) in [5.41, 5.74) is 3.44. The third-order valence-electron chi connectivity index (χ3n) is 7.75. The molecule has 5 heterocycles. The van der Waals surface area contributed by atoms with Gasteiger partial charge in [-0.3, -0.25) is 4.90 Å². The molecule has 1 saturated heterocycles. The number of benzene rings is 1. The second kappa shape index (κ2) is 11.9. The smallest absolute Gasteiger partial charge is 0.414 e. The summed E-state index contributed by atoms with van der Waals surface area (Å²) in [6.07, 6.45) is 3.98. The molecule has 0 unspecified atom stereocenters. The van der Waals surface area contributed by atoms with Crippen molar-refractivity contribution in [2.75, 3.05) is 42.7 Å². The number of hydrogen-bond donors (Lipinski definition) is 0. The first-order chi connectivity index (χ1) is 20.3. The van der Waals surface area contributed by atoms with Crippen LogP contribution in [0.15, 0.2) is 48.8 Å². The van der Waals surface area contributed by atoms with Crippen molar-refractivity contribution in [2.24, 2.45) is 0 Å². The number of aromatic nitrogens is 5. The number of amides is 1. The van der Waals surface area contributed by atoms with Crippen molar-refractivity contribution in [2.45, 2.75) is 58.4 Å². The molecule has 1 atom stereocenters. The average Bonchev–Trinajstić information content (AvgIpc) is 3.72. The normalized spacial score (nSPS) is 17.2. The minimum atomic E-state index is -1.16. The van der Waals surface area contributed by atoms with Gasteiger partial charge < -0.3 is 19.1 Å². The molecule has 222 valence electrons. The van der Waals surface area contributed by atoms with Crippen LogP contribution in [0.3, 0.4) is 0 Å². The number of ether oxygens (including phenoxy) is 3. The van der Waals surface area contributed by atoms with Crippen LogP contribution in [0.1, 0.15) is 18.1 Å². The largest absolute Gasteiger partial charge is 0.444 e. The summed E-state index contributed by atoms with van der Waals surface area (Å²) in [4.78, 5) is 22.6. The highest BCUT2D eigenvalue weighted by molar-refractivity contribution is 6.76. The molecule has 2 aliphatic heterocycles. The van der Waals surface area contributed by atoms with Crippen molar-refractivity contribution < 1.29 is 19.0 Å². The number of rotatable bonds is 9. The molecule has 1 amide bonds. The fourth-order valence-electron chi connectivity index (χ4n) is 5.43. The number of anilines is 2. The molecule has 0 bridgehead atoms. The van der Waals surface area contributed by atoms with E-state index in [4.69, 9.17) is 29.4 Å². The molecular weight excluding hydrogens is 550 g/mol. The van der Waals surface area contributed by atoms with Crippen molar-refractivity contribution in [3.8, 4) is 5.82 Å². The Morgan fingerprint density at radius 3 is 2.76 bits per heavy atom. The molecule has 6 rings (SSSR count). The van der Waals surface area contributed by atoms with Gasteiger partial charge in [0.1, 0.15) is 19.2 Å². The van der Waals surface area contributed by atoms with Gasteiger partial charge >= 0.3 is 6.09 Å². The van der Waals surface area contributed by atoms with Gasteiger partial charge in [0.15, 0.2) is 11.5 Å². The van der Waals surface area contributed by atoms with Gasteiger partial charge in [-0.2, -0.15) is 14.9 Å². The van der Waals surface area contributed by atoms with E-state index in [9.17, 15) is 4.79 Å². The molecule has 0 saturated carbocycles. The lowest BCUT2D eigenvalue weighted by Gasteiger charge is -2.35. The van der Waals surface area contributed by atoms with Gasteiger partial charge in [0.2, 0.25) is 0 Å². The van der Waals surface area contributed by atoms with E-state index in [1.165, 1.54) is 0 Å². The SMILES string of the molecule is C[C@@H]1COCCN1c1nc2c(cnn2-c2ccn(COCC[Si](C)(C)C)n2)c2c1CCN2C(=O)OCc1ccccc1. The maximum Gasteiger partial charge on any atom is 0.414 e. The monoisotopic (exact) mass is 589 g/mol. The van der Waals surface area contributed by atoms with Crippen molar-refractivity contribution in [3.05, 3.63) is 59.9 Å². The Hall–Kier alpha value is -3.74. The van der Waals surface area contributed by atoms with Crippen LogP contribution in [0.4, 0.5) is 16.3 Å². The predicted molar refractivity (Wildman–Crippen MR) is 164 cm³/mol. The molecule has 0 N–H and O–H groups in total. The first-order valence-corrected chi connectivity index (χ1v) is 18.3. The number of nitrogens with zero attached hydrogens (tertiary/aromatic N) is 7. The van der Waals surface area contributed by atoms with Crippen molar-refractivity contribution >= 4 is 36.7 Å². The second-order valence-corrected chi connectivity index (χ2v) is 17.8. The summed E-state index contributed by atoms with van der Waals surface area (Å²) < 4.78 is 20.9. The summed E-state index contributed by atoms with van der Waals surface area (Å²) >= 11 is 0. The van der Waals surface area contributed by atoms with Crippen LogP contribution in [-0.4, -0.2) is 77.7 Å². The molecule has 1 aromatic carbocycles. The van der Waals surface area contributed by atoms with Crippen LogP contribution in [-0.2, 0) is 34.0 Å². The van der Waals surface area contributed by atoms with Gasteiger partial charge in [0, 0.05) is 45.6 Å². The summed E-state index contributed by atoms with van der Waals surface area (Å²) in [5, 5.41) is 10.2. The van der Waals surface area contributed by atoms with E-state index in [0.717, 1.165) is 47.2 Å². The maximum atomic E-state index is 13.4. The molecule has 0 radical (unpaired) electrons. The number of carbonyl (C=O) groups is 1. The quantitative estimate of drug-likeness (QED) is 0.202. The van der Waals surface area contributed by atoms with Crippen LogP contribution in [0.2, 0.25) is 25.7 Å². The van der Waals surface area contributed by atoms with E-state index in [1.54, 1.807) is 20.5 Å². The number of pyridine rings is 1. The predicted octanol–water partition coefficient (Wildman–Crippen LogP) is 4.85. The molecule has 12 heteroatoms.